The van der Waals surface area contributed by atoms with Crippen LogP contribution in [0.5, 0.6) is 5.75 Å². The summed E-state index contributed by atoms with van der Waals surface area (Å²) in [6.45, 7) is 1.92. The van der Waals surface area contributed by atoms with Crippen molar-refractivity contribution in [3.8, 4) is 28.8 Å². The Kier molecular flexibility index (Phi) is 7.81. The maximum atomic E-state index is 13.0. The Morgan fingerprint density at radius 1 is 1.00 bits per heavy atom. The van der Waals surface area contributed by atoms with Gasteiger partial charge in [-0.2, -0.15) is 10.4 Å². The molecule has 0 radical (unpaired) electrons. The summed E-state index contributed by atoms with van der Waals surface area (Å²) in [5, 5.41) is 19.4. The molecule has 9 heteroatoms. The zero-order valence-electron chi connectivity index (χ0n) is 20.5. The highest BCUT2D eigenvalue weighted by molar-refractivity contribution is 5.97. The van der Waals surface area contributed by atoms with Crippen LogP contribution in [0.4, 0.5) is 16.3 Å². The Morgan fingerprint density at radius 3 is 2.43 bits per heavy atom. The van der Waals surface area contributed by atoms with Crippen molar-refractivity contribution < 1.29 is 14.3 Å². The molecule has 3 aromatic carbocycles. The molecule has 0 aliphatic rings. The minimum Gasteiger partial charge on any atom is -0.497 e. The number of methoxy groups -OCH3 is 1. The van der Waals surface area contributed by atoms with Gasteiger partial charge in [0.05, 0.1) is 30.1 Å². The lowest BCUT2D eigenvalue weighted by atomic mass is 10.1. The third-order valence-corrected chi connectivity index (χ3v) is 5.61. The van der Waals surface area contributed by atoms with E-state index in [0.29, 0.717) is 35.1 Å². The summed E-state index contributed by atoms with van der Waals surface area (Å²) >= 11 is 0. The largest absolute Gasteiger partial charge is 0.497 e. The molecule has 9 nitrogen and oxygen atoms in total. The van der Waals surface area contributed by atoms with Crippen LogP contribution in [0.15, 0.2) is 84.9 Å². The molecular weight excluding hydrogens is 468 g/mol. The second-order valence-corrected chi connectivity index (χ2v) is 8.08. The van der Waals surface area contributed by atoms with Gasteiger partial charge in [-0.05, 0) is 49.4 Å². The van der Waals surface area contributed by atoms with E-state index in [1.54, 1.807) is 49.0 Å². The highest BCUT2D eigenvalue weighted by Gasteiger charge is 2.19. The van der Waals surface area contributed by atoms with Crippen molar-refractivity contribution in [1.29, 1.82) is 5.26 Å². The Hall–Kier alpha value is -5.10. The monoisotopic (exact) mass is 494 g/mol. The van der Waals surface area contributed by atoms with Crippen LogP contribution in [0.2, 0.25) is 0 Å². The Morgan fingerprint density at radius 2 is 1.76 bits per heavy atom. The fraction of sp³-hybridized carbons (Fsp3) is 0.143. The first-order valence-electron chi connectivity index (χ1n) is 11.7. The number of hydrogen-bond acceptors (Lipinski definition) is 5. The lowest BCUT2D eigenvalue weighted by Crippen LogP contribution is -2.40. The lowest BCUT2D eigenvalue weighted by Gasteiger charge is -2.21. The van der Waals surface area contributed by atoms with Crippen molar-refractivity contribution in [2.24, 2.45) is 0 Å². The second kappa shape index (κ2) is 11.6. The minimum absolute atomic E-state index is 0.172. The van der Waals surface area contributed by atoms with Gasteiger partial charge in [0.2, 0.25) is 5.91 Å². The predicted octanol–water partition coefficient (Wildman–Crippen LogP) is 4.91. The number of nitrogens with zero attached hydrogens (tertiary/aromatic N) is 4. The molecule has 4 rings (SSSR count). The number of hydrogen-bond donors (Lipinski definition) is 2. The van der Waals surface area contributed by atoms with E-state index in [1.807, 2.05) is 60.7 Å². The highest BCUT2D eigenvalue weighted by Crippen LogP contribution is 2.26. The van der Waals surface area contributed by atoms with Gasteiger partial charge in [-0.3, -0.25) is 4.79 Å². The molecule has 0 saturated heterocycles. The number of urea groups is 1. The third kappa shape index (κ3) is 6.13. The Balaban J connectivity index is 1.53. The number of nitriles is 1. The van der Waals surface area contributed by atoms with Gasteiger partial charge >= 0.3 is 6.03 Å². The van der Waals surface area contributed by atoms with Gasteiger partial charge in [0.1, 0.15) is 18.1 Å². The van der Waals surface area contributed by atoms with Crippen molar-refractivity contribution in [2.75, 3.05) is 30.8 Å². The smallest absolute Gasteiger partial charge is 0.322 e. The van der Waals surface area contributed by atoms with Crippen LogP contribution in [0.1, 0.15) is 12.5 Å². The van der Waals surface area contributed by atoms with Gasteiger partial charge < -0.3 is 20.3 Å². The van der Waals surface area contributed by atoms with Crippen LogP contribution < -0.4 is 15.4 Å². The van der Waals surface area contributed by atoms with E-state index in [4.69, 9.17) is 15.1 Å². The van der Waals surface area contributed by atoms with Crippen molar-refractivity contribution in [1.82, 2.24) is 14.7 Å². The molecule has 3 amide bonds. The topological polar surface area (TPSA) is 112 Å². The maximum absolute atomic E-state index is 13.0. The Bertz CT molecular complexity index is 1420. The molecule has 0 spiro atoms. The molecule has 2 N–H and O–H groups in total. The SMILES string of the molecule is CCN(CC(=O)Nc1cc(-c2ccccc2)nn1-c1ccc(OC)cc1)C(=O)Nc1cccc(C#N)c1. The standard InChI is InChI=1S/C28H26N6O3/c1-3-33(28(36)30-22-11-7-8-20(16-22)18-29)19-27(35)31-26-17-25(21-9-5-4-6-10-21)32-34(26)23-12-14-24(37-2)15-13-23/h4-17H,3,19H2,1-2H3,(H,30,36)(H,31,35). The second-order valence-electron chi connectivity index (χ2n) is 8.08. The number of anilines is 2. The van der Waals surface area contributed by atoms with E-state index >= 15 is 0 Å². The number of carbonyl (C=O) groups excluding carboxylic acids is 2. The summed E-state index contributed by atoms with van der Waals surface area (Å²) in [4.78, 5) is 27.2. The maximum Gasteiger partial charge on any atom is 0.322 e. The van der Waals surface area contributed by atoms with Crippen molar-refractivity contribution in [2.45, 2.75) is 6.92 Å². The van der Waals surface area contributed by atoms with Crippen LogP contribution in [0, 0.1) is 11.3 Å². The van der Waals surface area contributed by atoms with E-state index in [0.717, 1.165) is 11.3 Å². The quantitative estimate of drug-likeness (QED) is 0.361. The molecule has 0 unspecified atom stereocenters. The predicted molar refractivity (Wildman–Crippen MR) is 142 cm³/mol. The zero-order valence-corrected chi connectivity index (χ0v) is 20.5. The van der Waals surface area contributed by atoms with E-state index in [-0.39, 0.29) is 12.5 Å². The van der Waals surface area contributed by atoms with Gasteiger partial charge in [-0.15, -0.1) is 0 Å². The Labute approximate surface area is 214 Å². The number of ether oxygens (including phenoxy) is 1. The third-order valence-electron chi connectivity index (χ3n) is 5.61. The van der Waals surface area contributed by atoms with Gasteiger partial charge in [-0.25, -0.2) is 9.48 Å². The van der Waals surface area contributed by atoms with Crippen molar-refractivity contribution in [3.63, 3.8) is 0 Å². The summed E-state index contributed by atoms with van der Waals surface area (Å²) < 4.78 is 6.89. The molecule has 0 saturated carbocycles. The molecule has 37 heavy (non-hydrogen) atoms. The molecule has 1 aromatic heterocycles. The molecular formula is C28H26N6O3. The van der Waals surface area contributed by atoms with Crippen LogP contribution in [0.25, 0.3) is 16.9 Å². The van der Waals surface area contributed by atoms with Crippen molar-refractivity contribution >= 4 is 23.4 Å². The number of likely N-dealkylation sites (N-methyl/N-ethyl adjacent to an activating group) is 1. The molecule has 186 valence electrons. The average Bonchev–Trinajstić information content (AvgIpc) is 3.35. The highest BCUT2D eigenvalue weighted by atomic mass is 16.5. The fourth-order valence-corrected chi connectivity index (χ4v) is 3.69. The van der Waals surface area contributed by atoms with Crippen LogP contribution in [-0.4, -0.2) is 46.8 Å². The number of amides is 3. The summed E-state index contributed by atoms with van der Waals surface area (Å²) in [5.41, 5.74) is 3.24. The van der Waals surface area contributed by atoms with Gasteiger partial charge in [0.25, 0.3) is 0 Å². The van der Waals surface area contributed by atoms with Gasteiger partial charge in [-0.1, -0.05) is 36.4 Å². The number of aromatic nitrogens is 2. The van der Waals surface area contributed by atoms with Crippen LogP contribution >= 0.6 is 0 Å². The molecule has 0 bridgehead atoms. The summed E-state index contributed by atoms with van der Waals surface area (Å²) in [6.07, 6.45) is 0. The van der Waals surface area contributed by atoms with E-state index < -0.39 is 6.03 Å². The molecule has 1 heterocycles. The van der Waals surface area contributed by atoms with Gasteiger partial charge in [0, 0.05) is 23.9 Å². The van der Waals surface area contributed by atoms with E-state index in [9.17, 15) is 9.59 Å². The minimum atomic E-state index is -0.443. The first-order chi connectivity index (χ1) is 18.0. The van der Waals surface area contributed by atoms with Gasteiger partial charge in [0.15, 0.2) is 0 Å². The molecule has 0 atom stereocenters. The first kappa shape index (κ1) is 25.0. The average molecular weight is 495 g/mol. The van der Waals surface area contributed by atoms with Crippen LogP contribution in [-0.2, 0) is 4.79 Å². The number of rotatable bonds is 8. The molecule has 0 aliphatic heterocycles. The summed E-state index contributed by atoms with van der Waals surface area (Å²) in [5.74, 6) is 0.791. The molecule has 0 fully saturated rings. The zero-order chi connectivity index (χ0) is 26.2. The summed E-state index contributed by atoms with van der Waals surface area (Å²) in [6, 6.07) is 26.9. The summed E-state index contributed by atoms with van der Waals surface area (Å²) in [7, 11) is 1.60. The fourth-order valence-electron chi connectivity index (χ4n) is 3.69. The normalized spacial score (nSPS) is 10.3. The molecule has 0 aliphatic carbocycles. The number of carbonyl (C=O) groups is 2. The number of benzene rings is 3. The lowest BCUT2D eigenvalue weighted by molar-refractivity contribution is -0.116. The van der Waals surface area contributed by atoms with E-state index in [2.05, 4.69) is 10.6 Å². The van der Waals surface area contributed by atoms with Crippen LogP contribution in [0.3, 0.4) is 0 Å². The molecule has 4 aromatic rings. The number of nitrogens with one attached hydrogen (secondary N) is 2. The van der Waals surface area contributed by atoms with Crippen molar-refractivity contribution in [3.05, 3.63) is 90.5 Å². The first-order valence-corrected chi connectivity index (χ1v) is 11.7. The van der Waals surface area contributed by atoms with E-state index in [1.165, 1.54) is 4.90 Å².